The molecular formula is C17H20N2O2. The predicted molar refractivity (Wildman–Crippen MR) is 85.6 cm³/mol. The summed E-state index contributed by atoms with van der Waals surface area (Å²) in [4.78, 5) is 17.6. The molecule has 1 aromatic carbocycles. The molecule has 4 heteroatoms. The smallest absolute Gasteiger partial charge is 0.308 e. The fraction of sp³-hybridized carbons (Fsp3) is 0.294. The van der Waals surface area contributed by atoms with E-state index in [0.717, 1.165) is 22.2 Å². The Morgan fingerprint density at radius 3 is 2.76 bits per heavy atom. The zero-order valence-electron chi connectivity index (χ0n) is 12.4. The van der Waals surface area contributed by atoms with Crippen LogP contribution in [-0.2, 0) is 4.79 Å². The van der Waals surface area contributed by atoms with Crippen molar-refractivity contribution in [3.8, 4) is 0 Å². The van der Waals surface area contributed by atoms with E-state index < -0.39 is 11.9 Å². The Morgan fingerprint density at radius 1 is 1.38 bits per heavy atom. The second-order valence-electron chi connectivity index (χ2n) is 5.43. The lowest BCUT2D eigenvalue weighted by Crippen LogP contribution is -2.33. The fourth-order valence-corrected chi connectivity index (χ4v) is 2.33. The van der Waals surface area contributed by atoms with E-state index in [1.807, 2.05) is 42.2 Å². The third-order valence-electron chi connectivity index (χ3n) is 3.33. The third-order valence-corrected chi connectivity index (χ3v) is 3.33. The zero-order valence-corrected chi connectivity index (χ0v) is 12.4. The number of hydrogen-bond donors (Lipinski definition) is 1. The number of carboxylic acid groups (broad SMARTS) is 1. The van der Waals surface area contributed by atoms with E-state index in [1.165, 1.54) is 0 Å². The second-order valence-corrected chi connectivity index (χ2v) is 5.43. The molecule has 1 unspecified atom stereocenters. The summed E-state index contributed by atoms with van der Waals surface area (Å²) < 4.78 is 0. The monoisotopic (exact) mass is 284 g/mol. The molecule has 1 heterocycles. The quantitative estimate of drug-likeness (QED) is 0.827. The van der Waals surface area contributed by atoms with Crippen LogP contribution in [0, 0.1) is 5.92 Å². The average Bonchev–Trinajstić information content (AvgIpc) is 2.45. The van der Waals surface area contributed by atoms with E-state index in [1.54, 1.807) is 13.1 Å². The zero-order chi connectivity index (χ0) is 15.4. The van der Waals surface area contributed by atoms with Crippen molar-refractivity contribution >= 4 is 22.6 Å². The Kier molecular flexibility index (Phi) is 4.58. The molecule has 0 aliphatic carbocycles. The molecule has 0 fully saturated rings. The van der Waals surface area contributed by atoms with Crippen LogP contribution in [0.25, 0.3) is 10.9 Å². The average molecular weight is 284 g/mol. The van der Waals surface area contributed by atoms with Crippen molar-refractivity contribution in [3.63, 3.8) is 0 Å². The van der Waals surface area contributed by atoms with Gasteiger partial charge in [-0.2, -0.15) is 0 Å². The topological polar surface area (TPSA) is 53.4 Å². The Balaban J connectivity index is 2.43. The van der Waals surface area contributed by atoms with E-state index in [0.29, 0.717) is 13.1 Å². The van der Waals surface area contributed by atoms with E-state index in [4.69, 9.17) is 5.11 Å². The summed E-state index contributed by atoms with van der Waals surface area (Å²) in [6.07, 6.45) is 1.76. The Labute approximate surface area is 124 Å². The number of fused-ring (bicyclic) bond motifs is 1. The highest BCUT2D eigenvalue weighted by molar-refractivity contribution is 5.91. The molecule has 0 aliphatic heterocycles. The number of nitrogens with zero attached hydrogens (tertiary/aromatic N) is 2. The Bertz CT molecular complexity index is 661. The molecule has 2 aromatic rings. The molecule has 0 bridgehead atoms. The van der Waals surface area contributed by atoms with Crippen molar-refractivity contribution in [2.24, 2.45) is 5.92 Å². The fourth-order valence-electron chi connectivity index (χ4n) is 2.33. The lowest BCUT2D eigenvalue weighted by molar-refractivity contribution is -0.140. The summed E-state index contributed by atoms with van der Waals surface area (Å²) in [5, 5.41) is 10.2. The molecule has 1 N–H and O–H groups in total. The number of para-hydroxylation sites is 1. The number of carboxylic acids is 1. The van der Waals surface area contributed by atoms with Gasteiger partial charge in [-0.15, -0.1) is 0 Å². The van der Waals surface area contributed by atoms with Gasteiger partial charge in [0.1, 0.15) is 0 Å². The highest BCUT2D eigenvalue weighted by atomic mass is 16.4. The molecule has 1 aromatic heterocycles. The highest BCUT2D eigenvalue weighted by Crippen LogP contribution is 2.26. The van der Waals surface area contributed by atoms with Crippen LogP contribution in [0.4, 0.5) is 5.69 Å². The van der Waals surface area contributed by atoms with Gasteiger partial charge >= 0.3 is 5.97 Å². The van der Waals surface area contributed by atoms with Crippen molar-refractivity contribution in [3.05, 3.63) is 48.7 Å². The first kappa shape index (κ1) is 15.0. The first-order chi connectivity index (χ1) is 9.99. The van der Waals surface area contributed by atoms with Crippen LogP contribution in [-0.4, -0.2) is 29.1 Å². The molecule has 0 spiro atoms. The Hall–Kier alpha value is -2.36. The van der Waals surface area contributed by atoms with Gasteiger partial charge in [-0.3, -0.25) is 9.78 Å². The molecule has 2 rings (SSSR count). The van der Waals surface area contributed by atoms with E-state index in [9.17, 15) is 4.79 Å². The SMILES string of the molecule is C=C(C)CN(CC(C)C(=O)O)c1cccc2cccnc12. The summed E-state index contributed by atoms with van der Waals surface area (Å²) in [5.41, 5.74) is 2.82. The maximum atomic E-state index is 11.2. The summed E-state index contributed by atoms with van der Waals surface area (Å²) in [6, 6.07) is 9.86. The minimum Gasteiger partial charge on any atom is -0.481 e. The third kappa shape index (κ3) is 3.60. The number of pyridine rings is 1. The van der Waals surface area contributed by atoms with Crippen LogP contribution in [0.1, 0.15) is 13.8 Å². The molecule has 110 valence electrons. The molecule has 4 nitrogen and oxygen atoms in total. The van der Waals surface area contributed by atoms with Crippen molar-refractivity contribution in [1.82, 2.24) is 4.98 Å². The van der Waals surface area contributed by atoms with Gasteiger partial charge < -0.3 is 10.0 Å². The van der Waals surface area contributed by atoms with Crippen LogP contribution in [0.5, 0.6) is 0 Å². The van der Waals surface area contributed by atoms with Crippen LogP contribution >= 0.6 is 0 Å². The van der Waals surface area contributed by atoms with E-state index >= 15 is 0 Å². The molecule has 0 saturated heterocycles. The summed E-state index contributed by atoms with van der Waals surface area (Å²) >= 11 is 0. The summed E-state index contributed by atoms with van der Waals surface area (Å²) in [7, 11) is 0. The lowest BCUT2D eigenvalue weighted by Gasteiger charge is -2.27. The van der Waals surface area contributed by atoms with Gasteiger partial charge in [0, 0.05) is 24.7 Å². The van der Waals surface area contributed by atoms with Gasteiger partial charge in [0.25, 0.3) is 0 Å². The Morgan fingerprint density at radius 2 is 2.10 bits per heavy atom. The van der Waals surface area contributed by atoms with Crippen molar-refractivity contribution < 1.29 is 9.90 Å². The maximum Gasteiger partial charge on any atom is 0.308 e. The number of anilines is 1. The number of carbonyl (C=O) groups is 1. The van der Waals surface area contributed by atoms with Gasteiger partial charge in [-0.05, 0) is 19.1 Å². The number of rotatable bonds is 6. The highest BCUT2D eigenvalue weighted by Gasteiger charge is 2.18. The van der Waals surface area contributed by atoms with Gasteiger partial charge in [0.15, 0.2) is 0 Å². The van der Waals surface area contributed by atoms with Gasteiger partial charge in [-0.25, -0.2) is 0 Å². The molecule has 0 radical (unpaired) electrons. The van der Waals surface area contributed by atoms with E-state index in [-0.39, 0.29) is 0 Å². The van der Waals surface area contributed by atoms with E-state index in [2.05, 4.69) is 11.6 Å². The lowest BCUT2D eigenvalue weighted by atomic mass is 10.1. The molecule has 0 amide bonds. The minimum atomic E-state index is -0.796. The maximum absolute atomic E-state index is 11.2. The standard InChI is InChI=1S/C17H20N2O2/c1-12(2)10-19(11-13(3)17(20)21)15-8-4-6-14-7-5-9-18-16(14)15/h4-9,13H,1,10-11H2,2-3H3,(H,20,21). The largest absolute Gasteiger partial charge is 0.481 e. The number of benzene rings is 1. The molecule has 0 aliphatic rings. The van der Waals surface area contributed by atoms with Crippen molar-refractivity contribution in [1.29, 1.82) is 0 Å². The van der Waals surface area contributed by atoms with Crippen LogP contribution in [0.15, 0.2) is 48.7 Å². The predicted octanol–water partition coefficient (Wildman–Crippen LogP) is 3.34. The normalized spacial score (nSPS) is 12.1. The van der Waals surface area contributed by atoms with Crippen LogP contribution < -0.4 is 4.90 Å². The van der Waals surface area contributed by atoms with Gasteiger partial charge in [-0.1, -0.05) is 37.3 Å². The molecule has 0 saturated carbocycles. The molecular weight excluding hydrogens is 264 g/mol. The van der Waals surface area contributed by atoms with Crippen molar-refractivity contribution in [2.75, 3.05) is 18.0 Å². The number of aliphatic carboxylic acids is 1. The number of aromatic nitrogens is 1. The number of hydrogen-bond acceptors (Lipinski definition) is 3. The first-order valence-electron chi connectivity index (χ1n) is 6.95. The van der Waals surface area contributed by atoms with Crippen LogP contribution in [0.3, 0.4) is 0 Å². The van der Waals surface area contributed by atoms with Gasteiger partial charge in [0.05, 0.1) is 17.1 Å². The van der Waals surface area contributed by atoms with Crippen molar-refractivity contribution in [2.45, 2.75) is 13.8 Å². The second kappa shape index (κ2) is 6.39. The molecule has 1 atom stereocenters. The van der Waals surface area contributed by atoms with Crippen LogP contribution in [0.2, 0.25) is 0 Å². The summed E-state index contributed by atoms with van der Waals surface area (Å²) in [5.74, 6) is -1.25. The minimum absolute atomic E-state index is 0.428. The summed E-state index contributed by atoms with van der Waals surface area (Å²) in [6.45, 7) is 8.65. The molecule has 21 heavy (non-hydrogen) atoms. The first-order valence-corrected chi connectivity index (χ1v) is 6.95. The van der Waals surface area contributed by atoms with Gasteiger partial charge in [0.2, 0.25) is 0 Å².